The van der Waals surface area contributed by atoms with Crippen LogP contribution in [0.1, 0.15) is 27.0 Å². The van der Waals surface area contributed by atoms with Crippen molar-refractivity contribution in [2.45, 2.75) is 20.3 Å². The Labute approximate surface area is 222 Å². The van der Waals surface area contributed by atoms with Crippen molar-refractivity contribution in [3.05, 3.63) is 117 Å². The second-order valence-corrected chi connectivity index (χ2v) is 9.00. The Hall–Kier alpha value is -4.92. The van der Waals surface area contributed by atoms with Crippen LogP contribution in [0.5, 0.6) is 17.2 Å². The molecule has 9 heteroatoms. The lowest BCUT2D eigenvalue weighted by Gasteiger charge is -2.13. The summed E-state index contributed by atoms with van der Waals surface area (Å²) in [7, 11) is 1.52. The molecule has 0 amide bonds. The largest absolute Gasteiger partial charge is 0.495 e. The molecule has 0 saturated heterocycles. The smallest absolute Gasteiger partial charge is 0.266 e. The number of pyridine rings is 3. The Balaban J connectivity index is 1.40. The van der Waals surface area contributed by atoms with Crippen molar-refractivity contribution in [3.8, 4) is 22.9 Å². The number of fused-ring (bicyclic) bond motifs is 1. The second-order valence-electron chi connectivity index (χ2n) is 9.00. The van der Waals surface area contributed by atoms with Crippen molar-refractivity contribution in [1.29, 1.82) is 0 Å². The number of Topliss-reactive ketones (excluding diaryl/α,β-unsaturated/α-hetero) is 1. The molecule has 0 aliphatic carbocycles. The summed E-state index contributed by atoms with van der Waals surface area (Å²) < 4.78 is 40.9. The van der Waals surface area contributed by atoms with Crippen LogP contribution < -0.4 is 15.0 Å². The Morgan fingerprint density at radius 2 is 1.77 bits per heavy atom. The third kappa shape index (κ3) is 5.11. The van der Waals surface area contributed by atoms with Crippen molar-refractivity contribution in [3.63, 3.8) is 0 Å². The topological polar surface area (TPSA) is 83.3 Å². The molecule has 0 spiro atoms. The van der Waals surface area contributed by atoms with Crippen molar-refractivity contribution in [1.82, 2.24) is 14.5 Å². The number of aromatic nitrogens is 3. The van der Waals surface area contributed by atoms with Gasteiger partial charge in [0.1, 0.15) is 17.1 Å². The molecule has 0 bridgehead atoms. The number of aryl methyl sites for hydroxylation is 2. The molecule has 0 aliphatic heterocycles. The van der Waals surface area contributed by atoms with Crippen LogP contribution in [0, 0.1) is 25.5 Å². The predicted octanol–water partition coefficient (Wildman–Crippen LogP) is 5.90. The van der Waals surface area contributed by atoms with E-state index >= 15 is 4.39 Å². The van der Waals surface area contributed by atoms with Gasteiger partial charge in [-0.1, -0.05) is 6.07 Å². The molecular formula is C30H23F2N3O4. The van der Waals surface area contributed by atoms with Crippen molar-refractivity contribution < 1.29 is 23.0 Å². The van der Waals surface area contributed by atoms with Gasteiger partial charge >= 0.3 is 0 Å². The average Bonchev–Trinajstić information content (AvgIpc) is 2.90. The molecular weight excluding hydrogens is 504 g/mol. The summed E-state index contributed by atoms with van der Waals surface area (Å²) in [6, 6.07) is 13.2. The standard InChI is InChI=1S/C30H23F2N3O4/c1-17-9-11-35(24-6-5-20(31)12-18(24)2)30(37)28(17)25(36)14-19-4-7-26(22(32)13-19)39-27-8-10-33-23-15-21(38-3)16-34-29(23)27/h4-13,15-16H,14H2,1-3H3. The number of carbonyl (C=O) groups excluding carboxylic acids is 1. The monoisotopic (exact) mass is 527 g/mol. The number of benzene rings is 2. The summed E-state index contributed by atoms with van der Waals surface area (Å²) in [5.41, 5.74) is 2.32. The van der Waals surface area contributed by atoms with Crippen molar-refractivity contribution >= 4 is 16.8 Å². The summed E-state index contributed by atoms with van der Waals surface area (Å²) in [4.78, 5) is 35.0. The SMILES string of the molecule is COc1cnc2c(Oc3ccc(CC(=O)c4c(C)ccn(-c5ccc(F)cc5C)c4=O)cc3F)ccnc2c1. The highest BCUT2D eigenvalue weighted by atomic mass is 19.1. The van der Waals surface area contributed by atoms with Gasteiger partial charge in [-0.2, -0.15) is 0 Å². The maximum absolute atomic E-state index is 15.0. The molecule has 3 heterocycles. The van der Waals surface area contributed by atoms with Gasteiger partial charge in [0.15, 0.2) is 23.1 Å². The number of nitrogens with zero attached hydrogens (tertiary/aromatic N) is 3. The number of carbonyl (C=O) groups is 1. The number of halogens is 2. The normalized spacial score (nSPS) is 11.0. The van der Waals surface area contributed by atoms with Crippen LogP contribution in [0.25, 0.3) is 16.7 Å². The minimum absolute atomic E-state index is 0.00767. The van der Waals surface area contributed by atoms with E-state index in [1.807, 2.05) is 0 Å². The first kappa shape index (κ1) is 25.7. The van der Waals surface area contributed by atoms with E-state index < -0.39 is 23.0 Å². The summed E-state index contributed by atoms with van der Waals surface area (Å²) in [6.07, 6.45) is 4.39. The fourth-order valence-electron chi connectivity index (χ4n) is 4.35. The predicted molar refractivity (Wildman–Crippen MR) is 142 cm³/mol. The van der Waals surface area contributed by atoms with Crippen LogP contribution in [0.2, 0.25) is 0 Å². The second kappa shape index (κ2) is 10.4. The number of rotatable bonds is 7. The van der Waals surface area contributed by atoms with Gasteiger partial charge in [-0.05, 0) is 66.9 Å². The fourth-order valence-corrected chi connectivity index (χ4v) is 4.35. The van der Waals surface area contributed by atoms with Gasteiger partial charge in [-0.3, -0.25) is 19.1 Å². The van der Waals surface area contributed by atoms with Gasteiger partial charge in [0.2, 0.25) is 0 Å². The number of ketones is 1. The van der Waals surface area contributed by atoms with Gasteiger partial charge in [0.25, 0.3) is 5.56 Å². The lowest BCUT2D eigenvalue weighted by Crippen LogP contribution is -2.27. The molecule has 7 nitrogen and oxygen atoms in total. The summed E-state index contributed by atoms with van der Waals surface area (Å²) in [6.45, 7) is 3.34. The van der Waals surface area contributed by atoms with Crippen LogP contribution in [-0.4, -0.2) is 27.4 Å². The first-order valence-corrected chi connectivity index (χ1v) is 12.0. The first-order valence-electron chi connectivity index (χ1n) is 12.0. The van der Waals surface area contributed by atoms with Gasteiger partial charge in [-0.25, -0.2) is 13.8 Å². The summed E-state index contributed by atoms with van der Waals surface area (Å²) in [5.74, 6) is -0.777. The van der Waals surface area contributed by atoms with E-state index in [9.17, 15) is 14.0 Å². The molecule has 0 unspecified atom stereocenters. The molecule has 2 aromatic carbocycles. The number of methoxy groups -OCH3 is 1. The molecule has 0 fully saturated rings. The van der Waals surface area contributed by atoms with Crippen molar-refractivity contribution in [2.24, 2.45) is 0 Å². The lowest BCUT2D eigenvalue weighted by atomic mass is 10.00. The van der Waals surface area contributed by atoms with Gasteiger partial charge in [0, 0.05) is 30.9 Å². The minimum Gasteiger partial charge on any atom is -0.495 e. The number of ether oxygens (including phenoxy) is 2. The highest BCUT2D eigenvalue weighted by Crippen LogP contribution is 2.31. The van der Waals surface area contributed by atoms with E-state index in [0.29, 0.717) is 44.9 Å². The molecule has 39 heavy (non-hydrogen) atoms. The molecule has 0 atom stereocenters. The molecule has 3 aromatic heterocycles. The summed E-state index contributed by atoms with van der Waals surface area (Å²) >= 11 is 0. The summed E-state index contributed by atoms with van der Waals surface area (Å²) in [5, 5.41) is 0. The molecule has 0 N–H and O–H groups in total. The Morgan fingerprint density at radius 3 is 2.51 bits per heavy atom. The molecule has 196 valence electrons. The number of hydrogen-bond donors (Lipinski definition) is 0. The minimum atomic E-state index is -0.678. The van der Waals surface area contributed by atoms with Crippen LogP contribution in [0.15, 0.2) is 78.0 Å². The third-order valence-corrected chi connectivity index (χ3v) is 6.33. The molecule has 0 aliphatic rings. The zero-order chi connectivity index (χ0) is 27.7. The van der Waals surface area contributed by atoms with Crippen molar-refractivity contribution in [2.75, 3.05) is 7.11 Å². The number of hydrogen-bond acceptors (Lipinski definition) is 6. The van der Waals surface area contributed by atoms with Crippen LogP contribution in [0.3, 0.4) is 0 Å². The molecule has 0 radical (unpaired) electrons. The quantitative estimate of drug-likeness (QED) is 0.245. The van der Waals surface area contributed by atoms with Crippen LogP contribution in [-0.2, 0) is 6.42 Å². The molecule has 5 rings (SSSR count). The van der Waals surface area contributed by atoms with Crippen LogP contribution >= 0.6 is 0 Å². The molecule has 0 saturated carbocycles. The average molecular weight is 528 g/mol. The Morgan fingerprint density at radius 1 is 0.949 bits per heavy atom. The van der Waals surface area contributed by atoms with E-state index in [0.717, 1.165) is 0 Å². The highest BCUT2D eigenvalue weighted by molar-refractivity contribution is 5.98. The highest BCUT2D eigenvalue weighted by Gasteiger charge is 2.19. The zero-order valence-corrected chi connectivity index (χ0v) is 21.4. The van der Waals surface area contributed by atoms with E-state index in [1.165, 1.54) is 54.4 Å². The van der Waals surface area contributed by atoms with E-state index in [2.05, 4.69) is 9.97 Å². The van der Waals surface area contributed by atoms with Crippen LogP contribution in [0.4, 0.5) is 8.78 Å². The molecule has 5 aromatic rings. The first-order chi connectivity index (χ1) is 18.7. The Bertz CT molecular complexity index is 1800. The van der Waals surface area contributed by atoms with E-state index in [4.69, 9.17) is 9.47 Å². The van der Waals surface area contributed by atoms with E-state index in [-0.39, 0.29) is 17.7 Å². The maximum atomic E-state index is 15.0. The Kier molecular flexibility index (Phi) is 6.89. The zero-order valence-electron chi connectivity index (χ0n) is 21.4. The maximum Gasteiger partial charge on any atom is 0.266 e. The fraction of sp³-hybridized carbons (Fsp3) is 0.133. The van der Waals surface area contributed by atoms with Gasteiger partial charge < -0.3 is 9.47 Å². The van der Waals surface area contributed by atoms with Gasteiger partial charge in [-0.15, -0.1) is 0 Å². The third-order valence-electron chi connectivity index (χ3n) is 6.33. The lowest BCUT2D eigenvalue weighted by molar-refractivity contribution is 0.0990. The van der Waals surface area contributed by atoms with E-state index in [1.54, 1.807) is 44.3 Å². The van der Waals surface area contributed by atoms with Gasteiger partial charge in [0.05, 0.1) is 30.1 Å².